The summed E-state index contributed by atoms with van der Waals surface area (Å²) >= 11 is 3.99. The highest BCUT2D eigenvalue weighted by Gasteiger charge is 2.38. The number of thioether (sulfide) groups is 1. The van der Waals surface area contributed by atoms with Crippen LogP contribution in [0.25, 0.3) is 0 Å². The van der Waals surface area contributed by atoms with E-state index in [1.54, 1.807) is 0 Å². The van der Waals surface area contributed by atoms with Gasteiger partial charge < -0.3 is 15.1 Å². The highest BCUT2D eigenvalue weighted by molar-refractivity contribution is 8.00. The van der Waals surface area contributed by atoms with Crippen LogP contribution in [0.1, 0.15) is 49.0 Å². The van der Waals surface area contributed by atoms with Gasteiger partial charge in [0.15, 0.2) is 5.96 Å². The van der Waals surface area contributed by atoms with E-state index in [9.17, 15) is 4.79 Å². The highest BCUT2D eigenvalue weighted by Crippen LogP contribution is 2.42. The van der Waals surface area contributed by atoms with Gasteiger partial charge in [-0.25, -0.2) is 0 Å². The maximum atomic E-state index is 12.7. The summed E-state index contributed by atoms with van der Waals surface area (Å²) in [5, 5.41) is 5.61. The fraction of sp³-hybridized carbons (Fsp3) is 0.714. The van der Waals surface area contributed by atoms with Crippen molar-refractivity contribution in [1.82, 2.24) is 15.1 Å². The number of amides is 1. The first-order chi connectivity index (χ1) is 13.7. The molecule has 1 aromatic heterocycles. The lowest BCUT2D eigenvalue weighted by atomic mass is 9.87. The lowest BCUT2D eigenvalue weighted by Gasteiger charge is -2.45. The fourth-order valence-electron chi connectivity index (χ4n) is 4.76. The van der Waals surface area contributed by atoms with Gasteiger partial charge >= 0.3 is 0 Å². The second-order valence-corrected chi connectivity index (χ2v) is 10.7. The average molecular weight is 421 g/mol. The van der Waals surface area contributed by atoms with Gasteiger partial charge in [-0.2, -0.15) is 11.8 Å². The molecule has 1 spiro atoms. The van der Waals surface area contributed by atoms with E-state index in [1.165, 1.54) is 48.3 Å². The molecule has 2 fully saturated rings. The SMILES string of the molecule is CN=C(NCCC(=O)N1CCc2sccc2C1)N1CCSC2(CCCCC2)C1. The van der Waals surface area contributed by atoms with Crippen molar-refractivity contribution < 1.29 is 4.79 Å². The van der Waals surface area contributed by atoms with Gasteiger partial charge in [-0.1, -0.05) is 19.3 Å². The van der Waals surface area contributed by atoms with E-state index in [4.69, 9.17) is 0 Å². The summed E-state index contributed by atoms with van der Waals surface area (Å²) in [7, 11) is 1.86. The number of nitrogens with zero attached hydrogens (tertiary/aromatic N) is 3. The predicted octanol–water partition coefficient (Wildman–Crippen LogP) is 3.35. The van der Waals surface area contributed by atoms with Crippen LogP contribution in [0.5, 0.6) is 0 Å². The first-order valence-corrected chi connectivity index (χ1v) is 12.5. The Morgan fingerprint density at radius 3 is 2.93 bits per heavy atom. The van der Waals surface area contributed by atoms with Gasteiger partial charge in [-0.3, -0.25) is 9.79 Å². The van der Waals surface area contributed by atoms with E-state index < -0.39 is 0 Å². The summed E-state index contributed by atoms with van der Waals surface area (Å²) < 4.78 is 0.427. The number of hydrogen-bond donors (Lipinski definition) is 1. The van der Waals surface area contributed by atoms with Crippen LogP contribution in [0.15, 0.2) is 16.4 Å². The third-order valence-corrected chi connectivity index (χ3v) is 8.87. The molecule has 2 aliphatic heterocycles. The van der Waals surface area contributed by atoms with Gasteiger partial charge in [0.2, 0.25) is 5.91 Å². The van der Waals surface area contributed by atoms with E-state index >= 15 is 0 Å². The molecule has 1 saturated carbocycles. The van der Waals surface area contributed by atoms with Crippen LogP contribution < -0.4 is 5.32 Å². The molecule has 1 aromatic rings. The molecular formula is C21H32N4OS2. The molecule has 1 N–H and O–H groups in total. The Balaban J connectivity index is 1.26. The molecule has 5 nitrogen and oxygen atoms in total. The quantitative estimate of drug-likeness (QED) is 0.602. The Bertz CT molecular complexity index is 706. The zero-order valence-corrected chi connectivity index (χ0v) is 18.5. The molecular weight excluding hydrogens is 388 g/mol. The molecule has 3 aliphatic rings. The molecule has 154 valence electrons. The van der Waals surface area contributed by atoms with Crippen molar-refractivity contribution in [3.8, 4) is 0 Å². The third-order valence-electron chi connectivity index (χ3n) is 6.31. The first kappa shape index (κ1) is 20.1. The molecule has 1 saturated heterocycles. The largest absolute Gasteiger partial charge is 0.356 e. The average Bonchev–Trinajstić information content (AvgIpc) is 3.19. The zero-order chi connectivity index (χ0) is 19.4. The first-order valence-electron chi connectivity index (χ1n) is 10.6. The van der Waals surface area contributed by atoms with Crippen molar-refractivity contribution in [1.29, 1.82) is 0 Å². The van der Waals surface area contributed by atoms with Gasteiger partial charge in [0.25, 0.3) is 0 Å². The Morgan fingerprint density at radius 2 is 2.11 bits per heavy atom. The van der Waals surface area contributed by atoms with Gasteiger partial charge in [-0.05, 0) is 36.3 Å². The summed E-state index contributed by atoms with van der Waals surface area (Å²) in [4.78, 5) is 23.0. The zero-order valence-electron chi connectivity index (χ0n) is 16.9. The standard InChI is InChI=1S/C21H32N4OS2/c1-22-20(25-12-14-28-21(16-25)8-3-2-4-9-21)23-10-5-19(26)24-11-6-18-17(15-24)7-13-27-18/h7,13H,2-6,8-12,14-16H2,1H3,(H,22,23). The molecule has 3 heterocycles. The van der Waals surface area contributed by atoms with Crippen molar-refractivity contribution in [2.75, 3.05) is 39.0 Å². The molecule has 1 amide bonds. The smallest absolute Gasteiger partial charge is 0.224 e. The van der Waals surface area contributed by atoms with E-state index in [1.807, 2.05) is 23.3 Å². The number of nitrogens with one attached hydrogen (secondary N) is 1. The van der Waals surface area contributed by atoms with Crippen LogP contribution in [0, 0.1) is 0 Å². The Hall–Kier alpha value is -1.21. The van der Waals surface area contributed by atoms with Gasteiger partial charge in [0.05, 0.1) is 0 Å². The second kappa shape index (κ2) is 9.08. The number of hydrogen-bond acceptors (Lipinski definition) is 4. The second-order valence-electron chi connectivity index (χ2n) is 8.17. The number of fused-ring (bicyclic) bond motifs is 1. The van der Waals surface area contributed by atoms with Gasteiger partial charge in [0.1, 0.15) is 0 Å². The number of rotatable bonds is 3. The monoisotopic (exact) mass is 420 g/mol. The maximum Gasteiger partial charge on any atom is 0.224 e. The topological polar surface area (TPSA) is 47.9 Å². The van der Waals surface area contributed by atoms with Crippen molar-refractivity contribution in [2.45, 2.75) is 56.2 Å². The van der Waals surface area contributed by atoms with Crippen molar-refractivity contribution in [3.05, 3.63) is 21.9 Å². The van der Waals surface area contributed by atoms with Crippen LogP contribution in [0.3, 0.4) is 0 Å². The highest BCUT2D eigenvalue weighted by atomic mass is 32.2. The number of carbonyl (C=O) groups is 1. The molecule has 0 bridgehead atoms. The van der Waals surface area contributed by atoms with Crippen LogP contribution in [-0.2, 0) is 17.8 Å². The summed E-state index contributed by atoms with van der Waals surface area (Å²) in [6, 6.07) is 2.16. The van der Waals surface area contributed by atoms with Crippen LogP contribution >= 0.6 is 23.1 Å². The van der Waals surface area contributed by atoms with E-state index in [2.05, 4.69) is 38.4 Å². The normalized spacial score (nSPS) is 22.2. The van der Waals surface area contributed by atoms with Gasteiger partial charge in [0, 0.05) is 61.6 Å². The number of carbonyl (C=O) groups excluding carboxylic acids is 1. The molecule has 0 unspecified atom stereocenters. The van der Waals surface area contributed by atoms with Crippen LogP contribution in [0.2, 0.25) is 0 Å². The molecule has 0 atom stereocenters. The summed E-state index contributed by atoms with van der Waals surface area (Å²) in [6.45, 7) is 4.44. The van der Waals surface area contributed by atoms with Crippen molar-refractivity contribution in [3.63, 3.8) is 0 Å². The Kier molecular flexibility index (Phi) is 6.51. The van der Waals surface area contributed by atoms with E-state index in [0.29, 0.717) is 17.7 Å². The number of thiophene rings is 1. The minimum Gasteiger partial charge on any atom is -0.356 e. The lowest BCUT2D eigenvalue weighted by molar-refractivity contribution is -0.131. The van der Waals surface area contributed by atoms with E-state index in [-0.39, 0.29) is 5.91 Å². The number of guanidine groups is 1. The summed E-state index contributed by atoms with van der Waals surface area (Å²) in [5.41, 5.74) is 1.33. The Labute approximate surface area is 177 Å². The summed E-state index contributed by atoms with van der Waals surface area (Å²) in [6.07, 6.45) is 8.33. The van der Waals surface area contributed by atoms with Gasteiger partial charge in [-0.15, -0.1) is 11.3 Å². The molecule has 1 aliphatic carbocycles. The molecule has 0 radical (unpaired) electrons. The third kappa shape index (κ3) is 4.51. The predicted molar refractivity (Wildman–Crippen MR) is 119 cm³/mol. The Morgan fingerprint density at radius 1 is 1.25 bits per heavy atom. The number of aliphatic imine (C=N–C) groups is 1. The fourth-order valence-corrected chi connectivity index (χ4v) is 7.22. The minimum absolute atomic E-state index is 0.248. The van der Waals surface area contributed by atoms with Crippen LogP contribution in [-0.4, -0.2) is 65.4 Å². The lowest BCUT2D eigenvalue weighted by Crippen LogP contribution is -2.53. The summed E-state index contributed by atoms with van der Waals surface area (Å²) in [5.74, 6) is 2.39. The molecule has 0 aromatic carbocycles. The maximum absolute atomic E-state index is 12.7. The molecule has 28 heavy (non-hydrogen) atoms. The minimum atomic E-state index is 0.248. The van der Waals surface area contributed by atoms with Crippen LogP contribution in [0.4, 0.5) is 0 Å². The molecule has 7 heteroatoms. The van der Waals surface area contributed by atoms with Crippen molar-refractivity contribution in [2.24, 2.45) is 4.99 Å². The van der Waals surface area contributed by atoms with Crippen molar-refractivity contribution >= 4 is 35.0 Å². The molecule has 4 rings (SSSR count). The van der Waals surface area contributed by atoms with E-state index in [0.717, 1.165) is 38.6 Å².